The Morgan fingerprint density at radius 2 is 2.07 bits per heavy atom. The van der Waals surface area contributed by atoms with Crippen molar-refractivity contribution in [3.8, 4) is 5.75 Å². The second-order valence-corrected chi connectivity index (χ2v) is 8.44. The summed E-state index contributed by atoms with van der Waals surface area (Å²) in [6, 6.07) is 6.38. The third-order valence-electron chi connectivity index (χ3n) is 5.89. The van der Waals surface area contributed by atoms with E-state index < -0.39 is 0 Å². The second-order valence-electron chi connectivity index (χ2n) is 8.44. The van der Waals surface area contributed by atoms with Gasteiger partial charge in [-0.25, -0.2) is 0 Å². The highest BCUT2D eigenvalue weighted by Crippen LogP contribution is 2.23. The van der Waals surface area contributed by atoms with Crippen molar-refractivity contribution in [2.24, 2.45) is 10.9 Å². The lowest BCUT2D eigenvalue weighted by atomic mass is 9.99. The number of aryl methyl sites for hydroxylation is 1. The molecule has 29 heavy (non-hydrogen) atoms. The summed E-state index contributed by atoms with van der Waals surface area (Å²) in [5, 5.41) is 6.87. The van der Waals surface area contributed by atoms with Gasteiger partial charge in [0.1, 0.15) is 11.9 Å². The predicted molar refractivity (Wildman–Crippen MR) is 119 cm³/mol. The number of hydrogen-bond acceptors (Lipinski definition) is 4. The third-order valence-corrected chi connectivity index (χ3v) is 5.89. The van der Waals surface area contributed by atoms with Crippen LogP contribution in [0.25, 0.3) is 0 Å². The lowest BCUT2D eigenvalue weighted by Crippen LogP contribution is -2.39. The quantitative estimate of drug-likeness (QED) is 0.398. The topological polar surface area (TPSA) is 58.1 Å². The first-order valence-electron chi connectivity index (χ1n) is 11.1. The van der Waals surface area contributed by atoms with E-state index in [4.69, 9.17) is 9.47 Å². The number of piperidine rings is 1. The maximum absolute atomic E-state index is 6.20. The highest BCUT2D eigenvalue weighted by atomic mass is 16.5. The number of nitrogens with zero attached hydrogens (tertiary/aromatic N) is 2. The number of aliphatic imine (C=N–C) groups is 1. The van der Waals surface area contributed by atoms with Crippen LogP contribution in [-0.4, -0.2) is 63.4 Å². The molecule has 1 atom stereocenters. The Labute approximate surface area is 176 Å². The summed E-state index contributed by atoms with van der Waals surface area (Å²) in [6.07, 6.45) is 4.93. The number of rotatable bonds is 8. The van der Waals surface area contributed by atoms with E-state index in [-0.39, 0.29) is 6.10 Å². The first-order valence-corrected chi connectivity index (χ1v) is 11.1. The summed E-state index contributed by atoms with van der Waals surface area (Å²) in [4.78, 5) is 6.95. The zero-order valence-electron chi connectivity index (χ0n) is 18.4. The van der Waals surface area contributed by atoms with Crippen molar-refractivity contribution in [2.75, 3.05) is 46.4 Å². The number of ether oxygens (including phenoxy) is 2. The number of benzene rings is 1. The van der Waals surface area contributed by atoms with Crippen molar-refractivity contribution in [1.82, 2.24) is 15.5 Å². The molecule has 0 saturated carbocycles. The summed E-state index contributed by atoms with van der Waals surface area (Å²) in [5.41, 5.74) is 2.35. The molecule has 0 spiro atoms. The Balaban J connectivity index is 1.41. The van der Waals surface area contributed by atoms with E-state index in [1.807, 2.05) is 7.05 Å². The van der Waals surface area contributed by atoms with Crippen LogP contribution in [0.3, 0.4) is 0 Å². The molecule has 0 aromatic heterocycles. The first-order chi connectivity index (χ1) is 14.1. The largest absolute Gasteiger partial charge is 0.488 e. The molecule has 1 unspecified atom stereocenters. The fourth-order valence-electron chi connectivity index (χ4n) is 3.90. The number of nitrogens with one attached hydrogen (secondary N) is 2. The van der Waals surface area contributed by atoms with Crippen LogP contribution in [0.2, 0.25) is 0 Å². The molecule has 6 nitrogen and oxygen atoms in total. The van der Waals surface area contributed by atoms with Crippen molar-refractivity contribution < 1.29 is 9.47 Å². The van der Waals surface area contributed by atoms with Crippen LogP contribution in [0.15, 0.2) is 23.2 Å². The van der Waals surface area contributed by atoms with Gasteiger partial charge in [-0.05, 0) is 63.4 Å². The van der Waals surface area contributed by atoms with Crippen molar-refractivity contribution in [1.29, 1.82) is 0 Å². The Morgan fingerprint density at radius 1 is 1.24 bits per heavy atom. The Kier molecular flexibility index (Phi) is 8.62. The molecule has 1 aromatic carbocycles. The molecule has 2 aliphatic rings. The Bertz CT molecular complexity index is 650. The van der Waals surface area contributed by atoms with Crippen LogP contribution in [0.4, 0.5) is 0 Å². The van der Waals surface area contributed by atoms with Crippen molar-refractivity contribution in [2.45, 2.75) is 52.2 Å². The number of likely N-dealkylation sites (tertiary alicyclic amines) is 1. The molecular weight excluding hydrogens is 364 g/mol. The molecule has 162 valence electrons. The van der Waals surface area contributed by atoms with Gasteiger partial charge in [0.15, 0.2) is 5.96 Å². The summed E-state index contributed by atoms with van der Waals surface area (Å²) in [5.74, 6) is 2.68. The molecule has 2 N–H and O–H groups in total. The molecule has 0 amide bonds. The molecule has 2 heterocycles. The average Bonchev–Trinajstić information content (AvgIpc) is 3.23. The number of guanidine groups is 1. The van der Waals surface area contributed by atoms with E-state index in [1.165, 1.54) is 31.5 Å². The van der Waals surface area contributed by atoms with Gasteiger partial charge in [-0.2, -0.15) is 0 Å². The second kappa shape index (κ2) is 11.4. The minimum atomic E-state index is 0.158. The first kappa shape index (κ1) is 21.9. The van der Waals surface area contributed by atoms with E-state index in [1.54, 1.807) is 0 Å². The fourth-order valence-corrected chi connectivity index (χ4v) is 3.90. The van der Waals surface area contributed by atoms with Gasteiger partial charge in [0.05, 0.1) is 13.2 Å². The standard InChI is InChI=1S/C23H38N4O2/c1-18-7-12-27(13-8-18)11-4-10-25-23(24-3)26-16-20-6-5-19(2)15-22(20)29-21-9-14-28-17-21/h5-6,15,18,21H,4,7-14,16-17H2,1-3H3,(H2,24,25,26). The molecule has 0 aliphatic carbocycles. The van der Waals surface area contributed by atoms with E-state index in [9.17, 15) is 0 Å². The summed E-state index contributed by atoms with van der Waals surface area (Å²) < 4.78 is 11.6. The summed E-state index contributed by atoms with van der Waals surface area (Å²) in [6.45, 7) is 11.2. The van der Waals surface area contributed by atoms with Crippen molar-refractivity contribution >= 4 is 5.96 Å². The molecule has 0 radical (unpaired) electrons. The van der Waals surface area contributed by atoms with Crippen LogP contribution in [-0.2, 0) is 11.3 Å². The van der Waals surface area contributed by atoms with Crippen LogP contribution < -0.4 is 15.4 Å². The van der Waals surface area contributed by atoms with Crippen LogP contribution >= 0.6 is 0 Å². The van der Waals surface area contributed by atoms with Gasteiger partial charge >= 0.3 is 0 Å². The van der Waals surface area contributed by atoms with E-state index in [0.717, 1.165) is 55.7 Å². The lowest BCUT2D eigenvalue weighted by molar-refractivity contribution is 0.140. The zero-order valence-corrected chi connectivity index (χ0v) is 18.4. The molecular formula is C23H38N4O2. The molecule has 3 rings (SSSR count). The van der Waals surface area contributed by atoms with Crippen LogP contribution in [0, 0.1) is 12.8 Å². The van der Waals surface area contributed by atoms with Gasteiger partial charge in [-0.1, -0.05) is 19.1 Å². The van der Waals surface area contributed by atoms with Gasteiger partial charge in [-0.3, -0.25) is 4.99 Å². The minimum Gasteiger partial charge on any atom is -0.488 e. The maximum Gasteiger partial charge on any atom is 0.191 e. The van der Waals surface area contributed by atoms with Gasteiger partial charge in [0.25, 0.3) is 0 Å². The normalized spacial score (nSPS) is 21.3. The van der Waals surface area contributed by atoms with Gasteiger partial charge in [0.2, 0.25) is 0 Å². The van der Waals surface area contributed by atoms with Crippen molar-refractivity contribution in [3.05, 3.63) is 29.3 Å². The minimum absolute atomic E-state index is 0.158. The highest BCUT2D eigenvalue weighted by Gasteiger charge is 2.19. The molecule has 0 bridgehead atoms. The smallest absolute Gasteiger partial charge is 0.191 e. The van der Waals surface area contributed by atoms with Gasteiger partial charge in [0, 0.05) is 32.1 Å². The monoisotopic (exact) mass is 402 g/mol. The predicted octanol–water partition coefficient (Wildman–Crippen LogP) is 2.95. The molecule has 2 aliphatic heterocycles. The number of hydrogen-bond donors (Lipinski definition) is 2. The zero-order chi connectivity index (χ0) is 20.5. The van der Waals surface area contributed by atoms with E-state index >= 15 is 0 Å². The summed E-state index contributed by atoms with van der Waals surface area (Å²) in [7, 11) is 1.82. The van der Waals surface area contributed by atoms with Gasteiger partial charge < -0.3 is 25.0 Å². The van der Waals surface area contributed by atoms with Gasteiger partial charge in [-0.15, -0.1) is 0 Å². The van der Waals surface area contributed by atoms with Crippen LogP contribution in [0.1, 0.15) is 43.7 Å². The molecule has 2 saturated heterocycles. The van der Waals surface area contributed by atoms with E-state index in [2.05, 4.69) is 52.6 Å². The highest BCUT2D eigenvalue weighted by molar-refractivity contribution is 5.79. The Morgan fingerprint density at radius 3 is 2.79 bits per heavy atom. The van der Waals surface area contributed by atoms with Crippen molar-refractivity contribution in [3.63, 3.8) is 0 Å². The van der Waals surface area contributed by atoms with Crippen LogP contribution in [0.5, 0.6) is 5.75 Å². The maximum atomic E-state index is 6.20. The molecule has 1 aromatic rings. The molecule has 6 heteroatoms. The lowest BCUT2D eigenvalue weighted by Gasteiger charge is -2.30. The van der Waals surface area contributed by atoms with E-state index in [0.29, 0.717) is 13.2 Å². The fraction of sp³-hybridized carbons (Fsp3) is 0.696. The third kappa shape index (κ3) is 7.19. The SMILES string of the molecule is CN=C(NCCCN1CCC(C)CC1)NCc1ccc(C)cc1OC1CCOC1. The molecule has 2 fully saturated rings. The Hall–Kier alpha value is -1.79. The summed E-state index contributed by atoms with van der Waals surface area (Å²) >= 11 is 0. The average molecular weight is 403 g/mol.